The van der Waals surface area contributed by atoms with Crippen LogP contribution in [-0.4, -0.2) is 31.7 Å². The first-order valence-corrected chi connectivity index (χ1v) is 10.1. The van der Waals surface area contributed by atoms with Gasteiger partial charge in [0, 0.05) is 24.6 Å². The maximum Gasteiger partial charge on any atom is 0.422 e. The molecule has 0 atom stereocenters. The molecule has 0 aliphatic rings. The molecule has 0 spiro atoms. The summed E-state index contributed by atoms with van der Waals surface area (Å²) in [5.74, 6) is -0.179. The third-order valence-corrected chi connectivity index (χ3v) is 4.50. The van der Waals surface area contributed by atoms with Gasteiger partial charge in [-0.1, -0.05) is 32.0 Å². The Bertz CT molecular complexity index is 912. The predicted octanol–water partition coefficient (Wildman–Crippen LogP) is 4.48. The quantitative estimate of drug-likeness (QED) is 0.557. The van der Waals surface area contributed by atoms with Crippen LogP contribution in [0.25, 0.3) is 0 Å². The van der Waals surface area contributed by atoms with Crippen molar-refractivity contribution >= 4 is 17.5 Å². The molecule has 2 aromatic carbocycles. The minimum Gasteiger partial charge on any atom is -0.493 e. The van der Waals surface area contributed by atoms with Gasteiger partial charge >= 0.3 is 6.18 Å². The number of halogens is 3. The second-order valence-corrected chi connectivity index (χ2v) is 7.51. The zero-order valence-electron chi connectivity index (χ0n) is 18.2. The van der Waals surface area contributed by atoms with Crippen LogP contribution in [0, 0.1) is 5.92 Å². The van der Waals surface area contributed by atoms with Crippen molar-refractivity contribution in [3.8, 4) is 11.5 Å². The Kier molecular flexibility index (Phi) is 8.92. The number of alkyl halides is 3. The van der Waals surface area contributed by atoms with E-state index in [0.717, 1.165) is 11.1 Å². The van der Waals surface area contributed by atoms with Crippen molar-refractivity contribution in [1.29, 1.82) is 0 Å². The SMILES string of the molecule is COc1cc(CCC(=O)NCc2ccc(NC(=O)C(C)C)cc2)ccc1OCC(F)(F)F. The monoisotopic (exact) mass is 452 g/mol. The second kappa shape index (κ2) is 11.4. The first kappa shape index (κ1) is 25.0. The summed E-state index contributed by atoms with van der Waals surface area (Å²) in [5.41, 5.74) is 2.31. The van der Waals surface area contributed by atoms with Crippen molar-refractivity contribution in [2.45, 2.75) is 39.4 Å². The van der Waals surface area contributed by atoms with Crippen molar-refractivity contribution in [3.63, 3.8) is 0 Å². The van der Waals surface area contributed by atoms with Crippen molar-refractivity contribution in [2.75, 3.05) is 19.0 Å². The highest BCUT2D eigenvalue weighted by atomic mass is 19.4. The molecule has 0 unspecified atom stereocenters. The molecule has 0 heterocycles. The third kappa shape index (κ3) is 8.49. The lowest BCUT2D eigenvalue weighted by Crippen LogP contribution is -2.23. The molecule has 2 amide bonds. The van der Waals surface area contributed by atoms with E-state index in [1.807, 2.05) is 26.0 Å². The van der Waals surface area contributed by atoms with Crippen LogP contribution in [0.3, 0.4) is 0 Å². The zero-order chi connectivity index (χ0) is 23.7. The highest BCUT2D eigenvalue weighted by Crippen LogP contribution is 2.30. The number of anilines is 1. The van der Waals surface area contributed by atoms with Crippen LogP contribution in [0.15, 0.2) is 42.5 Å². The fourth-order valence-electron chi connectivity index (χ4n) is 2.69. The number of rotatable bonds is 10. The van der Waals surface area contributed by atoms with Crippen molar-refractivity contribution in [1.82, 2.24) is 5.32 Å². The maximum absolute atomic E-state index is 12.3. The van der Waals surface area contributed by atoms with Gasteiger partial charge in [0.1, 0.15) is 0 Å². The number of amides is 2. The Morgan fingerprint density at radius 1 is 1.00 bits per heavy atom. The number of carbonyl (C=O) groups excluding carboxylic acids is 2. The summed E-state index contributed by atoms with van der Waals surface area (Å²) in [6.07, 6.45) is -3.85. The van der Waals surface area contributed by atoms with Crippen LogP contribution in [0.2, 0.25) is 0 Å². The molecule has 32 heavy (non-hydrogen) atoms. The van der Waals surface area contributed by atoms with Gasteiger partial charge in [-0.05, 0) is 41.8 Å². The van der Waals surface area contributed by atoms with E-state index in [1.165, 1.54) is 13.2 Å². The minimum atomic E-state index is -4.44. The summed E-state index contributed by atoms with van der Waals surface area (Å²) in [6, 6.07) is 11.8. The lowest BCUT2D eigenvalue weighted by Gasteiger charge is -2.13. The molecule has 2 N–H and O–H groups in total. The van der Waals surface area contributed by atoms with Gasteiger partial charge in [0.2, 0.25) is 11.8 Å². The molecule has 9 heteroatoms. The molecule has 0 bridgehead atoms. The van der Waals surface area contributed by atoms with Crippen molar-refractivity contribution in [2.24, 2.45) is 5.92 Å². The lowest BCUT2D eigenvalue weighted by molar-refractivity contribution is -0.153. The average Bonchev–Trinajstić information content (AvgIpc) is 2.75. The van der Waals surface area contributed by atoms with Crippen LogP contribution < -0.4 is 20.1 Å². The number of carbonyl (C=O) groups is 2. The summed E-state index contributed by atoms with van der Waals surface area (Å²) < 4.78 is 46.8. The third-order valence-electron chi connectivity index (χ3n) is 4.50. The molecule has 0 radical (unpaired) electrons. The Hall–Kier alpha value is -3.23. The fourth-order valence-corrected chi connectivity index (χ4v) is 2.69. The van der Waals surface area contributed by atoms with E-state index in [2.05, 4.69) is 10.6 Å². The molecule has 2 rings (SSSR count). The number of nitrogens with one attached hydrogen (secondary N) is 2. The fraction of sp³-hybridized carbons (Fsp3) is 0.391. The summed E-state index contributed by atoms with van der Waals surface area (Å²) in [4.78, 5) is 23.9. The molecule has 2 aromatic rings. The largest absolute Gasteiger partial charge is 0.493 e. The van der Waals surface area contributed by atoms with Crippen LogP contribution in [0.5, 0.6) is 11.5 Å². The van der Waals surface area contributed by atoms with E-state index in [9.17, 15) is 22.8 Å². The standard InChI is InChI=1S/C23H27F3N2O4/c1-15(2)22(30)28-18-8-4-17(5-9-18)13-27-21(29)11-7-16-6-10-19(20(12-16)31-3)32-14-23(24,25)26/h4-6,8-10,12,15H,7,11,13-14H2,1-3H3,(H,27,29)(H,28,30). The van der Waals surface area contributed by atoms with Crippen LogP contribution in [-0.2, 0) is 22.6 Å². The van der Waals surface area contributed by atoms with Crippen LogP contribution >= 0.6 is 0 Å². The van der Waals surface area contributed by atoms with E-state index in [1.54, 1.807) is 24.3 Å². The molecule has 0 aliphatic heterocycles. The maximum atomic E-state index is 12.3. The van der Waals surface area contributed by atoms with Crippen LogP contribution in [0.4, 0.5) is 18.9 Å². The Labute approximate surface area is 185 Å². The smallest absolute Gasteiger partial charge is 0.422 e. The molecule has 0 fully saturated rings. The molecule has 174 valence electrons. The minimum absolute atomic E-state index is 0.00828. The molecule has 0 aliphatic carbocycles. The second-order valence-electron chi connectivity index (χ2n) is 7.51. The van der Waals surface area contributed by atoms with Gasteiger partial charge in [0.05, 0.1) is 7.11 Å². The number of hydrogen-bond acceptors (Lipinski definition) is 4. The predicted molar refractivity (Wildman–Crippen MR) is 115 cm³/mol. The van der Waals surface area contributed by atoms with Gasteiger partial charge in [-0.3, -0.25) is 9.59 Å². The van der Waals surface area contributed by atoms with Gasteiger partial charge < -0.3 is 20.1 Å². The zero-order valence-corrected chi connectivity index (χ0v) is 18.2. The van der Waals surface area contributed by atoms with E-state index in [4.69, 9.17) is 9.47 Å². The van der Waals surface area contributed by atoms with Gasteiger partial charge in [-0.25, -0.2) is 0 Å². The van der Waals surface area contributed by atoms with Crippen molar-refractivity contribution in [3.05, 3.63) is 53.6 Å². The first-order chi connectivity index (χ1) is 15.1. The lowest BCUT2D eigenvalue weighted by atomic mass is 10.1. The number of benzene rings is 2. The van der Waals surface area contributed by atoms with Crippen molar-refractivity contribution < 1.29 is 32.2 Å². The van der Waals surface area contributed by atoms with E-state index in [0.29, 0.717) is 18.7 Å². The molecular formula is C23H27F3N2O4. The first-order valence-electron chi connectivity index (χ1n) is 10.1. The van der Waals surface area contributed by atoms with Crippen LogP contribution in [0.1, 0.15) is 31.4 Å². The highest BCUT2D eigenvalue weighted by Gasteiger charge is 2.29. The Morgan fingerprint density at radius 2 is 1.66 bits per heavy atom. The molecule has 0 aromatic heterocycles. The van der Waals surface area contributed by atoms with Gasteiger partial charge in [0.15, 0.2) is 18.1 Å². The van der Waals surface area contributed by atoms with E-state index >= 15 is 0 Å². The summed E-state index contributed by atoms with van der Waals surface area (Å²) in [6.45, 7) is 2.55. The average molecular weight is 452 g/mol. The topological polar surface area (TPSA) is 76.7 Å². The number of methoxy groups -OCH3 is 1. The normalized spacial score (nSPS) is 11.2. The number of hydrogen-bond donors (Lipinski definition) is 2. The summed E-state index contributed by atoms with van der Waals surface area (Å²) in [5, 5.41) is 5.62. The van der Waals surface area contributed by atoms with E-state index in [-0.39, 0.29) is 35.7 Å². The molecule has 0 saturated carbocycles. The van der Waals surface area contributed by atoms with E-state index < -0.39 is 12.8 Å². The molecule has 0 saturated heterocycles. The van der Waals surface area contributed by atoms with Gasteiger partial charge in [0.25, 0.3) is 0 Å². The molecule has 6 nitrogen and oxygen atoms in total. The molecular weight excluding hydrogens is 425 g/mol. The van der Waals surface area contributed by atoms with Gasteiger partial charge in [-0.15, -0.1) is 0 Å². The summed E-state index contributed by atoms with van der Waals surface area (Å²) in [7, 11) is 1.34. The number of aryl methyl sites for hydroxylation is 1. The highest BCUT2D eigenvalue weighted by molar-refractivity contribution is 5.92. The summed E-state index contributed by atoms with van der Waals surface area (Å²) >= 11 is 0. The number of ether oxygens (including phenoxy) is 2. The van der Waals surface area contributed by atoms with Gasteiger partial charge in [-0.2, -0.15) is 13.2 Å². The Morgan fingerprint density at radius 3 is 2.25 bits per heavy atom. The Balaban J connectivity index is 1.82.